The van der Waals surface area contributed by atoms with Crippen molar-refractivity contribution in [1.82, 2.24) is 9.97 Å². The zero-order chi connectivity index (χ0) is 17.8. The van der Waals surface area contributed by atoms with Crippen molar-refractivity contribution < 1.29 is 19.4 Å². The molecule has 0 saturated carbocycles. The minimum Gasteiger partial charge on any atom is -0.476 e. The number of hydrogen-bond acceptors (Lipinski definition) is 6. The predicted octanol–water partition coefficient (Wildman–Crippen LogP) is 2.58. The number of aromatic carboxylic acids is 1. The lowest BCUT2D eigenvalue weighted by Gasteiger charge is -2.09. The number of ether oxygens (including phenoxy) is 2. The molecule has 1 fully saturated rings. The number of hydrogen-bond donors (Lipinski definition) is 2. The average Bonchev–Trinajstić information content (AvgIpc) is 3.38. The molecule has 2 heterocycles. The fourth-order valence-corrected chi connectivity index (χ4v) is 1.70. The van der Waals surface area contributed by atoms with Gasteiger partial charge in [-0.2, -0.15) is 4.98 Å². The summed E-state index contributed by atoms with van der Waals surface area (Å²) in [7, 11) is 0. The van der Waals surface area contributed by atoms with Gasteiger partial charge in [-0.05, 0) is 11.6 Å². The van der Waals surface area contributed by atoms with Crippen LogP contribution in [0.3, 0.4) is 0 Å². The quantitative estimate of drug-likeness (QED) is 0.332. The molecule has 128 valence electrons. The van der Waals surface area contributed by atoms with Crippen LogP contribution in [0.5, 0.6) is 0 Å². The number of nitrogens with one attached hydrogen (secondary N) is 1. The largest absolute Gasteiger partial charge is 0.476 e. The first kappa shape index (κ1) is 21.4. The molecule has 0 amide bonds. The van der Waals surface area contributed by atoms with Crippen molar-refractivity contribution in [2.75, 3.05) is 31.7 Å². The minimum atomic E-state index is -1.26. The minimum absolute atomic E-state index is 0.0811. The summed E-state index contributed by atoms with van der Waals surface area (Å²) >= 11 is 11.5. The molecule has 23 heavy (non-hydrogen) atoms. The first-order valence-corrected chi connectivity index (χ1v) is 7.56. The zero-order valence-electron chi connectivity index (χ0n) is 12.9. The third-order valence-corrected chi connectivity index (χ3v) is 2.80. The topological polar surface area (TPSA) is 96.9 Å². The van der Waals surface area contributed by atoms with E-state index in [2.05, 4.69) is 28.1 Å². The Kier molecular flexibility index (Phi) is 11.1. The first-order chi connectivity index (χ1) is 11.1. The molecular weight excluding hydrogens is 345 g/mol. The van der Waals surface area contributed by atoms with Crippen LogP contribution in [0.25, 0.3) is 0 Å². The van der Waals surface area contributed by atoms with E-state index in [9.17, 15) is 4.79 Å². The van der Waals surface area contributed by atoms with E-state index in [4.69, 9.17) is 37.8 Å². The van der Waals surface area contributed by atoms with Crippen LogP contribution in [-0.4, -0.2) is 53.5 Å². The number of anilines is 1. The summed E-state index contributed by atoms with van der Waals surface area (Å²) in [5.74, 6) is -1.09. The molecule has 0 aromatic carbocycles. The van der Waals surface area contributed by atoms with Crippen molar-refractivity contribution in [3.63, 3.8) is 0 Å². The van der Waals surface area contributed by atoms with Gasteiger partial charge >= 0.3 is 5.97 Å². The Labute approximate surface area is 145 Å². The lowest BCUT2D eigenvalue weighted by Crippen LogP contribution is -2.14. The summed E-state index contributed by atoms with van der Waals surface area (Å²) in [6.07, 6.45) is 8.20. The molecule has 1 unspecified atom stereocenters. The molecule has 2 rings (SSSR count). The van der Waals surface area contributed by atoms with E-state index in [1.54, 1.807) is 0 Å². The fraction of sp³-hybridized carbons (Fsp3) is 0.500. The number of terminal acetylenes is 1. The van der Waals surface area contributed by atoms with E-state index >= 15 is 0 Å². The normalized spacial score (nSPS) is 14.6. The Morgan fingerprint density at radius 1 is 1.43 bits per heavy atom. The van der Waals surface area contributed by atoms with E-state index in [1.165, 1.54) is 0 Å². The number of carboxylic acid groups (broad SMARTS) is 1. The van der Waals surface area contributed by atoms with Crippen molar-refractivity contribution in [1.29, 1.82) is 0 Å². The van der Waals surface area contributed by atoms with Gasteiger partial charge in [-0.1, -0.05) is 25.4 Å². The summed E-state index contributed by atoms with van der Waals surface area (Å²) < 4.78 is 10.3. The molecule has 9 heteroatoms. The number of rotatable bonds is 7. The Bertz CT molecular complexity index is 522. The van der Waals surface area contributed by atoms with Crippen LogP contribution in [0.1, 0.15) is 24.3 Å². The first-order valence-electron chi connectivity index (χ1n) is 6.81. The molecule has 1 aliphatic rings. The number of carboxylic acids is 1. The van der Waals surface area contributed by atoms with Gasteiger partial charge in [-0.15, -0.1) is 12.8 Å². The van der Waals surface area contributed by atoms with E-state index < -0.39 is 5.97 Å². The lowest BCUT2D eigenvalue weighted by atomic mass is 10.4. The van der Waals surface area contributed by atoms with Crippen LogP contribution in [-0.2, 0) is 9.47 Å². The van der Waals surface area contributed by atoms with Crippen LogP contribution in [0.15, 0.2) is 0 Å². The number of epoxide rings is 1. The molecule has 0 spiro atoms. The smallest absolute Gasteiger partial charge is 0.356 e. The third kappa shape index (κ3) is 8.00. The second-order valence-corrected chi connectivity index (χ2v) is 4.48. The number of aromatic nitrogens is 2. The molecule has 2 N–H and O–H groups in total. The van der Waals surface area contributed by atoms with E-state index in [-0.39, 0.29) is 27.9 Å². The SMILES string of the molecule is C#C.CC.O=C(O)c1nc(Cl)nc(NCCOCC2CO2)c1Cl. The number of halogens is 2. The van der Waals surface area contributed by atoms with Crippen molar-refractivity contribution >= 4 is 35.0 Å². The fourth-order valence-electron chi connectivity index (χ4n) is 1.30. The molecule has 7 nitrogen and oxygen atoms in total. The van der Waals surface area contributed by atoms with E-state index in [1.807, 2.05) is 13.8 Å². The van der Waals surface area contributed by atoms with Crippen molar-refractivity contribution in [2.24, 2.45) is 0 Å². The van der Waals surface area contributed by atoms with E-state index in [0.29, 0.717) is 19.8 Å². The van der Waals surface area contributed by atoms with Gasteiger partial charge in [-0.3, -0.25) is 0 Å². The van der Waals surface area contributed by atoms with Crippen molar-refractivity contribution in [3.8, 4) is 12.8 Å². The molecule has 0 aliphatic carbocycles. The van der Waals surface area contributed by atoms with Crippen LogP contribution >= 0.6 is 23.2 Å². The Hall–Kier alpha value is -1.59. The average molecular weight is 364 g/mol. The zero-order valence-corrected chi connectivity index (χ0v) is 14.4. The van der Waals surface area contributed by atoms with Gasteiger partial charge in [0, 0.05) is 6.54 Å². The molecule has 1 aromatic heterocycles. The lowest BCUT2D eigenvalue weighted by molar-refractivity contribution is 0.0690. The van der Waals surface area contributed by atoms with Crippen molar-refractivity contribution in [3.05, 3.63) is 16.0 Å². The van der Waals surface area contributed by atoms with Crippen LogP contribution in [0, 0.1) is 12.8 Å². The predicted molar refractivity (Wildman–Crippen MR) is 89.3 cm³/mol. The molecular formula is C14H19Cl2N3O4. The maximum absolute atomic E-state index is 10.9. The van der Waals surface area contributed by atoms with Gasteiger partial charge in [0.25, 0.3) is 0 Å². The van der Waals surface area contributed by atoms with Gasteiger partial charge in [0.2, 0.25) is 5.28 Å². The highest BCUT2D eigenvalue weighted by Gasteiger charge is 2.22. The Morgan fingerprint density at radius 2 is 2.04 bits per heavy atom. The molecule has 1 aliphatic heterocycles. The molecule has 1 atom stereocenters. The van der Waals surface area contributed by atoms with E-state index in [0.717, 1.165) is 6.61 Å². The van der Waals surface area contributed by atoms with Crippen LogP contribution < -0.4 is 5.32 Å². The maximum atomic E-state index is 10.9. The monoisotopic (exact) mass is 363 g/mol. The second kappa shape index (κ2) is 11.9. The van der Waals surface area contributed by atoms with Gasteiger partial charge in [0.05, 0.1) is 19.8 Å². The third-order valence-electron chi connectivity index (χ3n) is 2.27. The van der Waals surface area contributed by atoms with Crippen molar-refractivity contribution in [2.45, 2.75) is 20.0 Å². The standard InChI is InChI=1S/C10H11Cl2N3O4.C2H6.C2H2/c11-6-7(9(16)17)14-10(12)15-8(6)13-1-2-18-3-5-4-19-5;2*1-2/h5H,1-4H2,(H,16,17)(H,13,14,15);1-2H3;1-2H. The molecule has 1 aromatic rings. The molecule has 0 bridgehead atoms. The Balaban J connectivity index is 0.00000112. The highest BCUT2D eigenvalue weighted by atomic mass is 35.5. The number of carbonyl (C=O) groups is 1. The number of nitrogens with zero attached hydrogens (tertiary/aromatic N) is 2. The Morgan fingerprint density at radius 3 is 2.57 bits per heavy atom. The summed E-state index contributed by atoms with van der Waals surface area (Å²) in [6, 6.07) is 0. The molecule has 0 radical (unpaired) electrons. The summed E-state index contributed by atoms with van der Waals surface area (Å²) in [5.41, 5.74) is -0.337. The highest BCUT2D eigenvalue weighted by Crippen LogP contribution is 2.24. The summed E-state index contributed by atoms with van der Waals surface area (Å²) in [6.45, 7) is 6.11. The van der Waals surface area contributed by atoms with Gasteiger partial charge in [0.15, 0.2) is 11.5 Å². The van der Waals surface area contributed by atoms with Crippen LogP contribution in [0.2, 0.25) is 10.3 Å². The second-order valence-electron chi connectivity index (χ2n) is 3.77. The summed E-state index contributed by atoms with van der Waals surface area (Å²) in [5, 5.41) is 11.5. The molecule has 1 saturated heterocycles. The van der Waals surface area contributed by atoms with Crippen LogP contribution in [0.4, 0.5) is 5.82 Å². The van der Waals surface area contributed by atoms with Gasteiger partial charge in [-0.25, -0.2) is 9.78 Å². The maximum Gasteiger partial charge on any atom is 0.356 e. The highest BCUT2D eigenvalue weighted by molar-refractivity contribution is 6.36. The summed E-state index contributed by atoms with van der Waals surface area (Å²) in [4.78, 5) is 18.3. The van der Waals surface area contributed by atoms with Gasteiger partial charge < -0.3 is 19.9 Å². The van der Waals surface area contributed by atoms with Gasteiger partial charge in [0.1, 0.15) is 11.1 Å².